The smallest absolute Gasteiger partial charge is 0.233 e. The van der Waals surface area contributed by atoms with E-state index in [2.05, 4.69) is 15.5 Å². The number of hydrogen-bond acceptors (Lipinski definition) is 6. The van der Waals surface area contributed by atoms with E-state index in [0.29, 0.717) is 29.9 Å². The van der Waals surface area contributed by atoms with Gasteiger partial charge in [0.2, 0.25) is 5.91 Å². The topological polar surface area (TPSA) is 78.3 Å². The maximum absolute atomic E-state index is 12.5. The molecule has 8 heteroatoms. The van der Waals surface area contributed by atoms with Gasteiger partial charge in [-0.2, -0.15) is 0 Å². The zero-order chi connectivity index (χ0) is 21.1. The Bertz CT molecular complexity index is 1040. The first-order valence-corrected chi connectivity index (χ1v) is 10.7. The molecule has 1 amide bonds. The van der Waals surface area contributed by atoms with Gasteiger partial charge in [0.25, 0.3) is 0 Å². The van der Waals surface area contributed by atoms with E-state index >= 15 is 0 Å². The molecule has 0 aliphatic carbocycles. The standard InChI is InChI=1S/C22H24N4O3S/c1-14-8-10-16(11-9-14)12-23-21(27)15(2)30-22-25-24-20(26(22)3)19-13-28-17-6-4-5-7-18(17)29-19/h4-11,15,19H,12-13H2,1-3H3,(H,23,27). The molecule has 1 aliphatic rings. The van der Waals surface area contributed by atoms with E-state index in [4.69, 9.17) is 9.47 Å². The molecule has 1 aliphatic heterocycles. The molecule has 0 spiro atoms. The minimum Gasteiger partial charge on any atom is -0.485 e. The summed E-state index contributed by atoms with van der Waals surface area (Å²) >= 11 is 1.37. The second-order valence-electron chi connectivity index (χ2n) is 7.23. The van der Waals surface area contributed by atoms with Gasteiger partial charge in [0.1, 0.15) is 6.61 Å². The molecule has 3 aromatic rings. The van der Waals surface area contributed by atoms with Gasteiger partial charge in [-0.15, -0.1) is 10.2 Å². The number of aryl methyl sites for hydroxylation is 1. The summed E-state index contributed by atoms with van der Waals surface area (Å²) in [6.45, 7) is 4.76. The van der Waals surface area contributed by atoms with Crippen LogP contribution in [0.25, 0.3) is 0 Å². The van der Waals surface area contributed by atoms with Crippen LogP contribution in [-0.4, -0.2) is 32.5 Å². The third-order valence-electron chi connectivity index (χ3n) is 4.90. The number of nitrogens with one attached hydrogen (secondary N) is 1. The van der Waals surface area contributed by atoms with E-state index in [1.807, 2.05) is 74.0 Å². The number of ether oxygens (including phenoxy) is 2. The Morgan fingerprint density at radius 2 is 1.93 bits per heavy atom. The number of carbonyl (C=O) groups is 1. The third-order valence-corrected chi connectivity index (χ3v) is 6.04. The van der Waals surface area contributed by atoms with Crippen molar-refractivity contribution in [2.75, 3.05) is 6.61 Å². The number of fused-ring (bicyclic) bond motifs is 1. The van der Waals surface area contributed by atoms with Crippen LogP contribution in [0.1, 0.15) is 30.0 Å². The Kier molecular flexibility index (Phi) is 5.94. The molecule has 0 saturated heterocycles. The molecule has 7 nitrogen and oxygen atoms in total. The van der Waals surface area contributed by atoms with Crippen molar-refractivity contribution >= 4 is 17.7 Å². The van der Waals surface area contributed by atoms with Crippen LogP contribution in [0.5, 0.6) is 11.5 Å². The summed E-state index contributed by atoms with van der Waals surface area (Å²) in [7, 11) is 1.87. The number of nitrogens with zero attached hydrogens (tertiary/aromatic N) is 3. The third kappa shape index (κ3) is 4.43. The lowest BCUT2D eigenvalue weighted by Gasteiger charge is -2.25. The average Bonchev–Trinajstić information content (AvgIpc) is 3.12. The fourth-order valence-electron chi connectivity index (χ4n) is 3.11. The van der Waals surface area contributed by atoms with Gasteiger partial charge in [-0.3, -0.25) is 4.79 Å². The second kappa shape index (κ2) is 8.79. The first kappa shape index (κ1) is 20.3. The molecule has 0 bridgehead atoms. The summed E-state index contributed by atoms with van der Waals surface area (Å²) < 4.78 is 13.7. The van der Waals surface area contributed by atoms with Gasteiger partial charge in [0, 0.05) is 13.6 Å². The highest BCUT2D eigenvalue weighted by molar-refractivity contribution is 8.00. The lowest BCUT2D eigenvalue weighted by molar-refractivity contribution is -0.120. The van der Waals surface area contributed by atoms with Crippen LogP contribution < -0.4 is 14.8 Å². The van der Waals surface area contributed by atoms with E-state index in [1.54, 1.807) is 0 Å². The van der Waals surface area contributed by atoms with Crippen molar-refractivity contribution in [3.63, 3.8) is 0 Å². The number of hydrogen-bond donors (Lipinski definition) is 1. The normalized spacial score (nSPS) is 16.2. The van der Waals surface area contributed by atoms with Crippen LogP contribution in [-0.2, 0) is 18.4 Å². The Hall–Kier alpha value is -3.00. The molecule has 2 heterocycles. The van der Waals surface area contributed by atoms with E-state index in [1.165, 1.54) is 17.3 Å². The molecule has 156 valence electrons. The monoisotopic (exact) mass is 424 g/mol. The molecule has 2 atom stereocenters. The number of carbonyl (C=O) groups excluding carboxylic acids is 1. The van der Waals surface area contributed by atoms with E-state index in [9.17, 15) is 4.79 Å². The first-order chi connectivity index (χ1) is 14.5. The second-order valence-corrected chi connectivity index (χ2v) is 8.54. The summed E-state index contributed by atoms with van der Waals surface area (Å²) in [4.78, 5) is 12.5. The molecule has 1 aromatic heterocycles. The van der Waals surface area contributed by atoms with Crippen LogP contribution in [0.2, 0.25) is 0 Å². The van der Waals surface area contributed by atoms with Gasteiger partial charge < -0.3 is 19.4 Å². The van der Waals surface area contributed by atoms with Gasteiger partial charge in [-0.1, -0.05) is 53.7 Å². The minimum atomic E-state index is -0.350. The van der Waals surface area contributed by atoms with Gasteiger partial charge in [-0.05, 0) is 31.5 Å². The van der Waals surface area contributed by atoms with E-state index < -0.39 is 0 Å². The van der Waals surface area contributed by atoms with Crippen LogP contribution in [0.3, 0.4) is 0 Å². The molecule has 0 saturated carbocycles. The molecule has 2 unspecified atom stereocenters. The van der Waals surface area contributed by atoms with Gasteiger partial charge in [-0.25, -0.2) is 0 Å². The van der Waals surface area contributed by atoms with Crippen LogP contribution in [0.4, 0.5) is 0 Å². The Labute approximate surface area is 179 Å². The van der Waals surface area contributed by atoms with Gasteiger partial charge in [0.05, 0.1) is 5.25 Å². The number of para-hydroxylation sites is 2. The number of aromatic nitrogens is 3. The summed E-state index contributed by atoms with van der Waals surface area (Å²) in [5.41, 5.74) is 2.27. The van der Waals surface area contributed by atoms with Crippen molar-refractivity contribution in [3.8, 4) is 11.5 Å². The molecule has 2 aromatic carbocycles. The fourth-order valence-corrected chi connectivity index (χ4v) is 3.95. The maximum atomic E-state index is 12.5. The van der Waals surface area contributed by atoms with E-state index in [0.717, 1.165) is 11.3 Å². The lowest BCUT2D eigenvalue weighted by atomic mass is 10.1. The molecular weight excluding hydrogens is 400 g/mol. The van der Waals surface area contributed by atoms with Gasteiger partial charge in [0.15, 0.2) is 28.6 Å². The van der Waals surface area contributed by atoms with Crippen LogP contribution >= 0.6 is 11.8 Å². The SMILES string of the molecule is Cc1ccc(CNC(=O)C(C)Sc2nnc(C3COc4ccccc4O3)n2C)cc1. The summed E-state index contributed by atoms with van der Waals surface area (Å²) in [6, 6.07) is 15.7. The number of benzene rings is 2. The van der Waals surface area contributed by atoms with Crippen molar-refractivity contribution in [2.24, 2.45) is 7.05 Å². The molecule has 4 rings (SSSR count). The lowest BCUT2D eigenvalue weighted by Crippen LogP contribution is -2.30. The molecule has 0 fully saturated rings. The fraction of sp³-hybridized carbons (Fsp3) is 0.318. The molecule has 30 heavy (non-hydrogen) atoms. The van der Waals surface area contributed by atoms with E-state index in [-0.39, 0.29) is 17.3 Å². The van der Waals surface area contributed by atoms with Crippen molar-refractivity contribution < 1.29 is 14.3 Å². The van der Waals surface area contributed by atoms with Crippen LogP contribution in [0.15, 0.2) is 53.7 Å². The molecule has 0 radical (unpaired) electrons. The number of thioether (sulfide) groups is 1. The highest BCUT2D eigenvalue weighted by Gasteiger charge is 2.28. The predicted octanol–water partition coefficient (Wildman–Crippen LogP) is 3.43. The molecular formula is C22H24N4O3S. The largest absolute Gasteiger partial charge is 0.485 e. The first-order valence-electron chi connectivity index (χ1n) is 9.79. The van der Waals surface area contributed by atoms with Crippen molar-refractivity contribution in [1.82, 2.24) is 20.1 Å². The zero-order valence-corrected chi connectivity index (χ0v) is 18.0. The summed E-state index contributed by atoms with van der Waals surface area (Å²) in [5.74, 6) is 2.04. The van der Waals surface area contributed by atoms with Crippen molar-refractivity contribution in [3.05, 3.63) is 65.5 Å². The Morgan fingerprint density at radius 1 is 1.20 bits per heavy atom. The van der Waals surface area contributed by atoms with Gasteiger partial charge >= 0.3 is 0 Å². The highest BCUT2D eigenvalue weighted by Crippen LogP contribution is 2.36. The summed E-state index contributed by atoms with van der Waals surface area (Å²) in [5, 5.41) is 11.9. The quantitative estimate of drug-likeness (QED) is 0.611. The Morgan fingerprint density at radius 3 is 2.70 bits per heavy atom. The Balaban J connectivity index is 1.36. The van der Waals surface area contributed by atoms with Crippen molar-refractivity contribution in [1.29, 1.82) is 0 Å². The minimum absolute atomic E-state index is 0.0451. The highest BCUT2D eigenvalue weighted by atomic mass is 32.2. The number of rotatable bonds is 6. The maximum Gasteiger partial charge on any atom is 0.233 e. The summed E-state index contributed by atoms with van der Waals surface area (Å²) in [6.07, 6.45) is -0.350. The average molecular weight is 425 g/mol. The predicted molar refractivity (Wildman–Crippen MR) is 115 cm³/mol. The zero-order valence-electron chi connectivity index (χ0n) is 17.2. The molecule has 1 N–H and O–H groups in total. The van der Waals surface area contributed by atoms with Crippen LogP contribution in [0, 0.1) is 6.92 Å². The number of amides is 1. The van der Waals surface area contributed by atoms with Crippen molar-refractivity contribution in [2.45, 2.75) is 36.9 Å².